The van der Waals surface area contributed by atoms with Crippen LogP contribution in [0.5, 0.6) is 0 Å². The lowest BCUT2D eigenvalue weighted by molar-refractivity contribution is 0.0998. The second-order valence-electron chi connectivity index (χ2n) is 8.25. The molecule has 0 saturated carbocycles. The van der Waals surface area contributed by atoms with Crippen molar-refractivity contribution in [3.63, 3.8) is 0 Å². The van der Waals surface area contributed by atoms with Gasteiger partial charge in [0.1, 0.15) is 0 Å². The van der Waals surface area contributed by atoms with Gasteiger partial charge in [-0.1, -0.05) is 35.8 Å². The molecule has 1 saturated heterocycles. The first-order valence-electron chi connectivity index (χ1n) is 10.6. The lowest BCUT2D eigenvalue weighted by Crippen LogP contribution is -2.39. The maximum atomic E-state index is 13.0. The fourth-order valence-electron chi connectivity index (χ4n) is 4.07. The topological polar surface area (TPSA) is 71.7 Å². The molecule has 2 heterocycles. The molecule has 4 rings (SSSR count). The molecule has 0 spiro atoms. The van der Waals surface area contributed by atoms with Crippen LogP contribution in [-0.4, -0.2) is 36.3 Å². The molecule has 3 aromatic rings. The van der Waals surface area contributed by atoms with E-state index in [-0.39, 0.29) is 11.4 Å². The predicted octanol–water partition coefficient (Wildman–Crippen LogP) is 4.46. The van der Waals surface area contributed by atoms with E-state index >= 15 is 0 Å². The number of aromatic nitrogens is 1. The summed E-state index contributed by atoms with van der Waals surface area (Å²) in [6.07, 6.45) is 7.44. The fourth-order valence-corrected chi connectivity index (χ4v) is 6.91. The fraction of sp³-hybridized carbons (Fsp3) is 0.333. The monoisotopic (exact) mass is 501 g/mol. The molecule has 6 nitrogen and oxygen atoms in total. The summed E-state index contributed by atoms with van der Waals surface area (Å²) in [7, 11) is -3.58. The molecule has 0 N–H and O–H groups in total. The van der Waals surface area contributed by atoms with E-state index in [0.29, 0.717) is 34.4 Å². The quantitative estimate of drug-likeness (QED) is 0.495. The molecular weight excluding hydrogens is 478 g/mol. The molecule has 1 fully saturated rings. The number of rotatable bonds is 4. The number of carbonyl (C=O) groups excluding carboxylic acids is 1. The third-order valence-corrected chi connectivity index (χ3v) is 9.17. The lowest BCUT2D eigenvalue weighted by Gasteiger charge is -2.30. The van der Waals surface area contributed by atoms with E-state index in [0.717, 1.165) is 28.6 Å². The highest BCUT2D eigenvalue weighted by Gasteiger charge is 2.28. The van der Waals surface area contributed by atoms with Gasteiger partial charge in [-0.2, -0.15) is 9.30 Å². The van der Waals surface area contributed by atoms with Crippen LogP contribution in [-0.2, 0) is 16.6 Å². The average Bonchev–Trinajstić information content (AvgIpc) is 3.14. The Bertz CT molecular complexity index is 1430. The van der Waals surface area contributed by atoms with E-state index in [4.69, 9.17) is 18.0 Å². The van der Waals surface area contributed by atoms with E-state index in [9.17, 15) is 13.2 Å². The van der Waals surface area contributed by atoms with Crippen LogP contribution in [0.25, 0.3) is 10.2 Å². The van der Waals surface area contributed by atoms with Crippen LogP contribution in [0.4, 0.5) is 0 Å². The van der Waals surface area contributed by atoms with E-state index < -0.39 is 15.9 Å². The van der Waals surface area contributed by atoms with Gasteiger partial charge in [0, 0.05) is 23.7 Å². The number of carbonyl (C=O) groups is 1. The molecule has 172 valence electrons. The van der Waals surface area contributed by atoms with Crippen LogP contribution in [0.2, 0.25) is 5.02 Å². The Balaban J connectivity index is 1.67. The van der Waals surface area contributed by atoms with Crippen molar-refractivity contribution in [1.29, 1.82) is 0 Å². The normalized spacial score (nSPS) is 17.9. The molecular formula is C24H24ClN3O3S2. The number of fused-ring (bicyclic) bond motifs is 1. The Hall–Kier alpha value is -2.44. The molecule has 1 unspecified atom stereocenters. The van der Waals surface area contributed by atoms with Crippen LogP contribution in [0, 0.1) is 25.2 Å². The predicted molar refractivity (Wildman–Crippen MR) is 132 cm³/mol. The lowest BCUT2D eigenvalue weighted by atomic mass is 10.0. The molecule has 0 radical (unpaired) electrons. The van der Waals surface area contributed by atoms with Gasteiger partial charge in [-0.25, -0.2) is 8.42 Å². The van der Waals surface area contributed by atoms with Crippen molar-refractivity contribution in [2.24, 2.45) is 10.9 Å². The van der Waals surface area contributed by atoms with E-state index in [2.05, 4.69) is 17.8 Å². The van der Waals surface area contributed by atoms with Gasteiger partial charge in [0.05, 0.1) is 21.7 Å². The molecule has 2 aromatic carbocycles. The largest absolute Gasteiger partial charge is 0.304 e. The number of halogens is 1. The highest BCUT2D eigenvalue weighted by molar-refractivity contribution is 7.89. The highest BCUT2D eigenvalue weighted by atomic mass is 35.5. The Morgan fingerprint density at radius 3 is 2.67 bits per heavy atom. The van der Waals surface area contributed by atoms with Crippen molar-refractivity contribution in [3.8, 4) is 12.3 Å². The first-order valence-corrected chi connectivity index (χ1v) is 13.3. The van der Waals surface area contributed by atoms with E-state index in [1.807, 2.05) is 19.1 Å². The molecule has 9 heteroatoms. The van der Waals surface area contributed by atoms with Gasteiger partial charge in [0.25, 0.3) is 5.91 Å². The molecule has 1 aliphatic heterocycles. The van der Waals surface area contributed by atoms with Crippen molar-refractivity contribution in [1.82, 2.24) is 8.87 Å². The van der Waals surface area contributed by atoms with Crippen LogP contribution >= 0.6 is 22.9 Å². The minimum Gasteiger partial charge on any atom is -0.304 e. The number of hydrogen-bond donors (Lipinski definition) is 0. The minimum atomic E-state index is -3.58. The third-order valence-electron chi connectivity index (χ3n) is 5.84. The maximum Gasteiger partial charge on any atom is 0.279 e. The first-order chi connectivity index (χ1) is 15.7. The number of thiazole rings is 1. The molecule has 0 bridgehead atoms. The summed E-state index contributed by atoms with van der Waals surface area (Å²) in [5.41, 5.74) is 2.03. The van der Waals surface area contributed by atoms with Crippen molar-refractivity contribution in [2.75, 3.05) is 13.1 Å². The molecule has 1 atom stereocenters. The second kappa shape index (κ2) is 9.43. The van der Waals surface area contributed by atoms with Crippen molar-refractivity contribution in [2.45, 2.75) is 38.1 Å². The number of piperidine rings is 1. The van der Waals surface area contributed by atoms with Crippen LogP contribution in [0.15, 0.2) is 46.3 Å². The molecule has 1 aliphatic rings. The van der Waals surface area contributed by atoms with Gasteiger partial charge < -0.3 is 4.57 Å². The molecule has 33 heavy (non-hydrogen) atoms. The van der Waals surface area contributed by atoms with E-state index in [1.54, 1.807) is 4.57 Å². The number of terminal acetylenes is 1. The van der Waals surface area contributed by atoms with Crippen molar-refractivity contribution >= 4 is 49.1 Å². The number of nitrogens with zero attached hydrogens (tertiary/aromatic N) is 3. The first kappa shape index (κ1) is 23.7. The number of benzene rings is 2. The van der Waals surface area contributed by atoms with Gasteiger partial charge >= 0.3 is 0 Å². The minimum absolute atomic E-state index is 0.183. The van der Waals surface area contributed by atoms with Gasteiger partial charge in [0.15, 0.2) is 4.80 Å². The van der Waals surface area contributed by atoms with E-state index in [1.165, 1.54) is 39.9 Å². The zero-order valence-corrected chi connectivity index (χ0v) is 20.8. The number of sulfonamides is 1. The van der Waals surface area contributed by atoms with Crippen LogP contribution in [0.1, 0.15) is 35.7 Å². The number of hydrogen-bond acceptors (Lipinski definition) is 4. The molecule has 1 aromatic heterocycles. The SMILES string of the molecule is C#CCn1c(=NC(=O)c2ccc(S(=O)(=O)N3CCCC(C)C3)cc2)sc2ccc(Cl)c(C)c21. The van der Waals surface area contributed by atoms with Gasteiger partial charge in [0.2, 0.25) is 10.0 Å². The zero-order chi connectivity index (χ0) is 23.8. The Morgan fingerprint density at radius 2 is 2.00 bits per heavy atom. The standard InChI is InChI=1S/C24H24ClN3O3S2/c1-4-13-28-22-17(3)20(25)11-12-21(22)32-24(28)26-23(29)18-7-9-19(10-8-18)33(30,31)27-14-5-6-16(2)15-27/h1,7-12,16H,5-6,13-15H2,2-3H3. The smallest absolute Gasteiger partial charge is 0.279 e. The highest BCUT2D eigenvalue weighted by Crippen LogP contribution is 2.27. The summed E-state index contributed by atoms with van der Waals surface area (Å²) < 4.78 is 30.2. The second-order valence-corrected chi connectivity index (χ2v) is 11.6. The maximum absolute atomic E-state index is 13.0. The average molecular weight is 502 g/mol. The summed E-state index contributed by atoms with van der Waals surface area (Å²) in [6.45, 7) is 5.24. The summed E-state index contributed by atoms with van der Waals surface area (Å²) >= 11 is 7.63. The summed E-state index contributed by atoms with van der Waals surface area (Å²) in [5.74, 6) is 2.47. The van der Waals surface area contributed by atoms with Crippen molar-refractivity contribution < 1.29 is 13.2 Å². The third kappa shape index (κ3) is 4.64. The Labute approximate surface area is 202 Å². The number of amides is 1. The van der Waals surface area contributed by atoms with Crippen molar-refractivity contribution in [3.05, 3.63) is 57.3 Å². The van der Waals surface area contributed by atoms with Crippen LogP contribution < -0.4 is 4.80 Å². The summed E-state index contributed by atoms with van der Waals surface area (Å²) in [5, 5.41) is 0.615. The summed E-state index contributed by atoms with van der Waals surface area (Å²) in [4.78, 5) is 17.8. The Kier molecular flexibility index (Phi) is 6.78. The number of aryl methyl sites for hydroxylation is 1. The zero-order valence-electron chi connectivity index (χ0n) is 18.4. The van der Waals surface area contributed by atoms with Crippen LogP contribution in [0.3, 0.4) is 0 Å². The van der Waals surface area contributed by atoms with Gasteiger partial charge in [-0.15, -0.1) is 6.42 Å². The molecule has 1 amide bonds. The Morgan fingerprint density at radius 1 is 1.27 bits per heavy atom. The molecule has 0 aliphatic carbocycles. The summed E-state index contributed by atoms with van der Waals surface area (Å²) in [6, 6.07) is 9.65. The van der Waals surface area contributed by atoms with Gasteiger partial charge in [-0.3, -0.25) is 4.79 Å². The van der Waals surface area contributed by atoms with Gasteiger partial charge in [-0.05, 0) is 67.6 Å².